The Kier molecular flexibility index (Phi) is 9.08. The van der Waals surface area contributed by atoms with Crippen molar-refractivity contribution in [2.24, 2.45) is 5.16 Å². The summed E-state index contributed by atoms with van der Waals surface area (Å²) in [4.78, 5) is 52.1. The number of carbonyl (C=O) groups excluding carboxylic acids is 3. The van der Waals surface area contributed by atoms with Gasteiger partial charge in [0.2, 0.25) is 0 Å². The number of pyridine rings is 1. The van der Waals surface area contributed by atoms with Crippen LogP contribution in [0.4, 0.5) is 5.13 Å². The number of amides is 2. The van der Waals surface area contributed by atoms with Gasteiger partial charge in [-0.25, -0.2) is 9.55 Å². The molecular weight excluding hydrogens is 710 g/mol. The van der Waals surface area contributed by atoms with Crippen LogP contribution in [-0.2, 0) is 32.3 Å². The van der Waals surface area contributed by atoms with Gasteiger partial charge in [0, 0.05) is 52.5 Å². The van der Waals surface area contributed by atoms with E-state index in [2.05, 4.69) is 31.0 Å². The number of thiophene rings is 1. The molecule has 18 heteroatoms. The number of aromatic nitrogens is 3. The Bertz CT molecular complexity index is 2060. The molecule has 3 aliphatic heterocycles. The number of rotatable bonds is 10. The maximum Gasteiger partial charge on any atom is 0.276 e. The number of hydrogen-bond donors (Lipinski definition) is 3. The van der Waals surface area contributed by atoms with E-state index in [9.17, 15) is 19.5 Å². The molecule has 49 heavy (non-hydrogen) atoms. The highest BCUT2D eigenvalue weighted by molar-refractivity contribution is 8.00. The number of thiazole rings is 1. The average Bonchev–Trinajstić information content (AvgIpc) is 3.90. The molecule has 4 aromatic rings. The molecule has 4 aromatic heterocycles. The Morgan fingerprint density at radius 1 is 1.31 bits per heavy atom. The maximum absolute atomic E-state index is 13.3. The first-order valence-corrected chi connectivity index (χ1v) is 18.4. The number of nitrogens with one attached hydrogen (secondary N) is 2. The molecule has 4 N–H and O–H groups in total. The third-order valence-corrected chi connectivity index (χ3v) is 11.9. The van der Waals surface area contributed by atoms with Gasteiger partial charge in [0.25, 0.3) is 11.8 Å². The van der Waals surface area contributed by atoms with Crippen LogP contribution in [0.2, 0.25) is 4.34 Å². The van der Waals surface area contributed by atoms with Gasteiger partial charge in [-0.2, -0.15) is 0 Å². The topological polar surface area (TPSA) is 186 Å². The Morgan fingerprint density at radius 2 is 2.10 bits per heavy atom. The molecule has 2 amide bonds. The molecule has 0 aliphatic carbocycles. The van der Waals surface area contributed by atoms with Crippen molar-refractivity contribution in [3.8, 4) is 0 Å². The number of oxime groups is 1. The highest BCUT2D eigenvalue weighted by Crippen LogP contribution is 2.40. The van der Waals surface area contributed by atoms with Crippen LogP contribution < -0.4 is 20.7 Å². The second-order valence-corrected chi connectivity index (χ2v) is 15.4. The summed E-state index contributed by atoms with van der Waals surface area (Å²) in [5, 5.41) is 29.8. The minimum atomic E-state index is -1.47. The molecule has 0 unspecified atom stereocenters. The largest absolute Gasteiger partial charge is 0.543 e. The Morgan fingerprint density at radius 3 is 2.82 bits per heavy atom. The lowest BCUT2D eigenvalue weighted by molar-refractivity contribution is -0.687. The molecule has 0 aromatic carbocycles. The molecule has 0 bridgehead atoms. The minimum absolute atomic E-state index is 0.0142. The number of β-lactam (4-membered cyclic amide) rings is 1. The Balaban J connectivity index is 1.05. The third-order valence-electron chi connectivity index (χ3n) is 8.57. The van der Waals surface area contributed by atoms with Crippen LogP contribution in [0.15, 0.2) is 58.6 Å². The van der Waals surface area contributed by atoms with E-state index in [1.165, 1.54) is 23.8 Å². The number of nitrogen functional groups attached to an aromatic ring is 1. The zero-order valence-corrected chi connectivity index (χ0v) is 29.3. The van der Waals surface area contributed by atoms with Gasteiger partial charge in [-0.3, -0.25) is 19.9 Å². The Labute approximate surface area is 297 Å². The average molecular weight is 740 g/mol. The number of carbonyl (C=O) groups is 3. The summed E-state index contributed by atoms with van der Waals surface area (Å²) >= 11 is 10.1. The summed E-state index contributed by atoms with van der Waals surface area (Å²) in [7, 11) is 1.25. The number of amidine groups is 1. The van der Waals surface area contributed by atoms with Gasteiger partial charge in [0.1, 0.15) is 34.4 Å². The first kappa shape index (κ1) is 33.1. The van der Waals surface area contributed by atoms with Crippen LogP contribution in [0, 0.1) is 5.41 Å². The van der Waals surface area contributed by atoms with Gasteiger partial charge in [-0.15, -0.1) is 23.1 Å². The SMILES string of the molecule is CO/N=C(\C(=O)N[C@@H]1C(=O)N2C(C(=O)[O-])=C(C[n+]3ccc4c(ccn4Cc4cc(C(=N)N5CCCC5)cs4)c3)CS[C@H]12)c1nc(N)sc1Cl. The molecule has 7 heterocycles. The van der Waals surface area contributed by atoms with E-state index in [0.717, 1.165) is 58.6 Å². The van der Waals surface area contributed by atoms with Crippen LogP contribution in [0.1, 0.15) is 29.0 Å². The smallest absolute Gasteiger partial charge is 0.276 e. The molecule has 3 aliphatic rings. The van der Waals surface area contributed by atoms with Gasteiger partial charge in [-0.05, 0) is 25.0 Å². The highest BCUT2D eigenvalue weighted by atomic mass is 35.5. The molecule has 2 fully saturated rings. The maximum atomic E-state index is 13.3. The number of carboxylic acid groups (broad SMARTS) is 1. The summed E-state index contributed by atoms with van der Waals surface area (Å²) in [6, 6.07) is 5.07. The molecule has 254 valence electrons. The van der Waals surface area contributed by atoms with E-state index >= 15 is 0 Å². The normalized spacial score (nSPS) is 19.3. The number of thioether (sulfide) groups is 1. The van der Waals surface area contributed by atoms with Crippen molar-refractivity contribution in [3.63, 3.8) is 0 Å². The lowest BCUT2D eigenvalue weighted by Gasteiger charge is -2.50. The standard InChI is InChI=1S/C31H30ClN9O5S3/c1-46-37-22(21-25(32)49-31(34)36-21)27(42)35-23-28(43)41-24(30(44)45)18(15-48-29(23)41)12-38-8-5-20-16(11-38)4-9-40(20)13-19-10-17(14-47-19)26(33)39-6-2-3-7-39/h4-5,8-11,14,23,29,33H,2-3,6-7,12-13,15H2,1H3,(H3-,34,35,36,42,44,45)/b33-26?,37-22-/t23-,29-/m1/s1. The molecular formula is C31H30ClN9O5S3. The van der Waals surface area contributed by atoms with E-state index in [0.29, 0.717) is 23.7 Å². The molecule has 0 saturated carbocycles. The number of anilines is 1. The highest BCUT2D eigenvalue weighted by Gasteiger charge is 2.53. The first-order chi connectivity index (χ1) is 23.6. The van der Waals surface area contributed by atoms with E-state index in [1.54, 1.807) is 11.3 Å². The van der Waals surface area contributed by atoms with Gasteiger partial charge < -0.3 is 35.3 Å². The van der Waals surface area contributed by atoms with Gasteiger partial charge >= 0.3 is 0 Å². The second kappa shape index (κ2) is 13.5. The second-order valence-electron chi connectivity index (χ2n) is 11.6. The zero-order valence-electron chi connectivity index (χ0n) is 26.1. The van der Waals surface area contributed by atoms with Crippen molar-refractivity contribution in [2.75, 3.05) is 31.7 Å². The fraction of sp³-hybridized carbons (Fsp3) is 0.323. The van der Waals surface area contributed by atoms with Crippen LogP contribution in [-0.4, -0.2) is 86.0 Å². The van der Waals surface area contributed by atoms with Crippen molar-refractivity contribution in [3.05, 3.63) is 73.9 Å². The molecule has 2 saturated heterocycles. The van der Waals surface area contributed by atoms with Crippen LogP contribution in [0.25, 0.3) is 10.9 Å². The van der Waals surface area contributed by atoms with Gasteiger partial charge in [0.05, 0.1) is 29.1 Å². The molecule has 0 spiro atoms. The number of nitrogens with zero attached hydrogens (tertiary/aromatic N) is 6. The fourth-order valence-corrected chi connectivity index (χ4v) is 9.41. The number of likely N-dealkylation sites (tertiary alicyclic amines) is 1. The van der Waals surface area contributed by atoms with E-state index in [1.807, 2.05) is 40.7 Å². The van der Waals surface area contributed by atoms with Crippen molar-refractivity contribution < 1.29 is 28.9 Å². The number of carboxylic acids is 1. The van der Waals surface area contributed by atoms with E-state index in [4.69, 9.17) is 27.6 Å². The molecule has 0 radical (unpaired) electrons. The van der Waals surface area contributed by atoms with Crippen LogP contribution >= 0.6 is 46.0 Å². The zero-order chi connectivity index (χ0) is 34.4. The van der Waals surface area contributed by atoms with Crippen molar-refractivity contribution in [2.45, 2.75) is 37.3 Å². The predicted octanol–water partition coefficient (Wildman–Crippen LogP) is 1.61. The minimum Gasteiger partial charge on any atom is -0.543 e. The predicted molar refractivity (Wildman–Crippen MR) is 185 cm³/mol. The number of fused-ring (bicyclic) bond motifs is 2. The number of hydrogen-bond acceptors (Lipinski definition) is 12. The van der Waals surface area contributed by atoms with Gasteiger partial charge in [-0.1, -0.05) is 28.1 Å². The fourth-order valence-electron chi connectivity index (χ4n) is 6.28. The summed E-state index contributed by atoms with van der Waals surface area (Å²) < 4.78 is 4.16. The molecule has 14 nitrogen and oxygen atoms in total. The summed E-state index contributed by atoms with van der Waals surface area (Å²) in [6.07, 6.45) is 8.10. The molecule has 2 atom stereocenters. The number of nitrogens with two attached hydrogens (primary N) is 1. The van der Waals surface area contributed by atoms with Crippen molar-refractivity contribution in [1.29, 1.82) is 5.41 Å². The summed E-state index contributed by atoms with van der Waals surface area (Å²) in [6.45, 7) is 2.77. The van der Waals surface area contributed by atoms with E-state index < -0.39 is 29.2 Å². The van der Waals surface area contributed by atoms with Crippen LogP contribution in [0.3, 0.4) is 0 Å². The summed E-state index contributed by atoms with van der Waals surface area (Å²) in [5.74, 6) is -1.94. The third kappa shape index (κ3) is 6.26. The lowest BCUT2D eigenvalue weighted by atomic mass is 10.0. The summed E-state index contributed by atoms with van der Waals surface area (Å²) in [5.41, 5.74) is 7.75. The lowest BCUT2D eigenvalue weighted by Crippen LogP contribution is -2.71. The van der Waals surface area contributed by atoms with Crippen molar-refractivity contribution >= 4 is 91.4 Å². The first-order valence-electron chi connectivity index (χ1n) is 15.2. The molecule has 7 rings (SSSR count). The van der Waals surface area contributed by atoms with Gasteiger partial charge in [0.15, 0.2) is 29.8 Å². The van der Waals surface area contributed by atoms with Crippen molar-refractivity contribution in [1.82, 2.24) is 24.7 Å². The monoisotopic (exact) mass is 739 g/mol. The number of aliphatic carboxylic acids is 1. The Hall–Kier alpha value is -4.45. The van der Waals surface area contributed by atoms with E-state index in [-0.39, 0.29) is 33.1 Å². The quantitative estimate of drug-likeness (QED) is 0.0715. The number of halogens is 1. The van der Waals surface area contributed by atoms with Crippen LogP contribution in [0.5, 0.6) is 0 Å².